The van der Waals surface area contributed by atoms with Gasteiger partial charge in [0.25, 0.3) is 0 Å². The Morgan fingerprint density at radius 1 is 1.25 bits per heavy atom. The van der Waals surface area contributed by atoms with Crippen LogP contribution in [0.25, 0.3) is 0 Å². The Morgan fingerprint density at radius 2 is 1.94 bits per heavy atom. The van der Waals surface area contributed by atoms with Crippen molar-refractivity contribution >= 4 is 21.7 Å². The normalized spacial score (nSPS) is 10.6. The highest BCUT2D eigenvalue weighted by atomic mass is 79.9. The van der Waals surface area contributed by atoms with E-state index in [4.69, 9.17) is 5.73 Å². The monoisotopic (exact) mass is 279 g/mol. The molecule has 16 heavy (non-hydrogen) atoms. The number of benzene rings is 1. The van der Waals surface area contributed by atoms with Crippen LogP contribution in [0.3, 0.4) is 0 Å². The number of aromatic nitrogens is 2. The van der Waals surface area contributed by atoms with Crippen molar-refractivity contribution in [1.82, 2.24) is 9.78 Å². The van der Waals surface area contributed by atoms with E-state index in [1.807, 2.05) is 13.1 Å². The van der Waals surface area contributed by atoms with E-state index in [9.17, 15) is 0 Å². The maximum atomic E-state index is 5.72. The molecule has 0 amide bonds. The van der Waals surface area contributed by atoms with E-state index in [1.54, 1.807) is 4.68 Å². The largest absolute Gasteiger partial charge is 0.384 e. The Hall–Kier alpha value is -1.29. The first-order valence-electron chi connectivity index (χ1n) is 5.18. The van der Waals surface area contributed by atoms with Crippen molar-refractivity contribution in [3.05, 3.63) is 46.1 Å². The van der Waals surface area contributed by atoms with Crippen LogP contribution >= 0.6 is 15.9 Å². The number of halogens is 1. The van der Waals surface area contributed by atoms with Crippen LogP contribution in [0.5, 0.6) is 0 Å². The smallest absolute Gasteiger partial charge is 0.121 e. The van der Waals surface area contributed by atoms with Crippen LogP contribution in [0.15, 0.2) is 34.8 Å². The van der Waals surface area contributed by atoms with Crippen LogP contribution in [0.4, 0.5) is 5.82 Å². The van der Waals surface area contributed by atoms with Gasteiger partial charge in [-0.3, -0.25) is 4.68 Å². The zero-order valence-electron chi connectivity index (χ0n) is 9.15. The highest BCUT2D eigenvalue weighted by Crippen LogP contribution is 2.13. The zero-order valence-corrected chi connectivity index (χ0v) is 10.7. The Balaban J connectivity index is 1.99. The SMILES string of the molecule is Cn1nc(CCc2ccc(Br)cc2)cc1N. The molecular weight excluding hydrogens is 266 g/mol. The van der Waals surface area contributed by atoms with Crippen molar-refractivity contribution in [1.29, 1.82) is 0 Å². The van der Waals surface area contributed by atoms with E-state index >= 15 is 0 Å². The van der Waals surface area contributed by atoms with Crippen molar-refractivity contribution in [2.24, 2.45) is 7.05 Å². The third-order valence-corrected chi connectivity index (χ3v) is 3.08. The summed E-state index contributed by atoms with van der Waals surface area (Å²) in [5.41, 5.74) is 8.08. The van der Waals surface area contributed by atoms with Gasteiger partial charge in [-0.2, -0.15) is 5.10 Å². The molecule has 1 aromatic heterocycles. The summed E-state index contributed by atoms with van der Waals surface area (Å²) in [5, 5.41) is 4.33. The standard InChI is InChI=1S/C12H14BrN3/c1-16-12(14)8-11(15-16)7-4-9-2-5-10(13)6-3-9/h2-3,5-6,8H,4,7,14H2,1H3. The van der Waals surface area contributed by atoms with Gasteiger partial charge in [-0.1, -0.05) is 28.1 Å². The third kappa shape index (κ3) is 2.64. The van der Waals surface area contributed by atoms with Gasteiger partial charge in [-0.15, -0.1) is 0 Å². The highest BCUT2D eigenvalue weighted by Gasteiger charge is 2.02. The van der Waals surface area contributed by atoms with Crippen LogP contribution in [0, 0.1) is 0 Å². The maximum Gasteiger partial charge on any atom is 0.121 e. The first-order valence-corrected chi connectivity index (χ1v) is 5.97. The quantitative estimate of drug-likeness (QED) is 0.939. The summed E-state index contributed by atoms with van der Waals surface area (Å²) in [6, 6.07) is 10.3. The van der Waals surface area contributed by atoms with Crippen LogP contribution in [0.2, 0.25) is 0 Å². The molecule has 2 aromatic rings. The van der Waals surface area contributed by atoms with Crippen molar-refractivity contribution in [2.75, 3.05) is 5.73 Å². The topological polar surface area (TPSA) is 43.8 Å². The lowest BCUT2D eigenvalue weighted by molar-refractivity contribution is 0.745. The number of anilines is 1. The summed E-state index contributed by atoms with van der Waals surface area (Å²) in [6.07, 6.45) is 1.91. The molecule has 0 fully saturated rings. The van der Waals surface area contributed by atoms with Gasteiger partial charge >= 0.3 is 0 Å². The lowest BCUT2D eigenvalue weighted by atomic mass is 10.1. The number of aryl methyl sites for hydroxylation is 3. The van der Waals surface area contributed by atoms with Crippen LogP contribution < -0.4 is 5.73 Å². The summed E-state index contributed by atoms with van der Waals surface area (Å²) in [6.45, 7) is 0. The third-order valence-electron chi connectivity index (χ3n) is 2.55. The van der Waals surface area contributed by atoms with Crippen molar-refractivity contribution in [3.63, 3.8) is 0 Å². The van der Waals surface area contributed by atoms with Crippen LogP contribution in [-0.2, 0) is 19.9 Å². The Labute approximate surface area is 103 Å². The van der Waals surface area contributed by atoms with E-state index in [1.165, 1.54) is 5.56 Å². The molecule has 4 heteroatoms. The molecule has 0 aliphatic heterocycles. The summed E-state index contributed by atoms with van der Waals surface area (Å²) < 4.78 is 2.81. The molecule has 1 aromatic carbocycles. The van der Waals surface area contributed by atoms with Gasteiger partial charge in [0.15, 0.2) is 0 Å². The second-order valence-corrected chi connectivity index (χ2v) is 4.73. The van der Waals surface area contributed by atoms with E-state index in [0.717, 1.165) is 23.0 Å². The Bertz CT molecular complexity index is 454. The molecule has 3 nitrogen and oxygen atoms in total. The average Bonchev–Trinajstić information content (AvgIpc) is 2.58. The molecule has 0 aliphatic rings. The molecule has 84 valence electrons. The van der Waals surface area contributed by atoms with Gasteiger partial charge in [0.2, 0.25) is 0 Å². The molecule has 0 spiro atoms. The lowest BCUT2D eigenvalue weighted by Crippen LogP contribution is -1.97. The van der Waals surface area contributed by atoms with Crippen molar-refractivity contribution in [3.8, 4) is 0 Å². The Kier molecular flexibility index (Phi) is 3.29. The fourth-order valence-electron chi connectivity index (χ4n) is 1.59. The second-order valence-electron chi connectivity index (χ2n) is 3.81. The first-order chi connectivity index (χ1) is 7.65. The summed E-state index contributed by atoms with van der Waals surface area (Å²) in [7, 11) is 1.86. The number of hydrogen-bond acceptors (Lipinski definition) is 2. The molecule has 0 bridgehead atoms. The minimum absolute atomic E-state index is 0.714. The zero-order chi connectivity index (χ0) is 11.5. The molecule has 1 heterocycles. The maximum absolute atomic E-state index is 5.72. The summed E-state index contributed by atoms with van der Waals surface area (Å²) >= 11 is 3.42. The first kappa shape index (κ1) is 11.2. The molecular formula is C12H14BrN3. The van der Waals surface area contributed by atoms with Gasteiger partial charge in [0.05, 0.1) is 5.69 Å². The van der Waals surface area contributed by atoms with E-state index < -0.39 is 0 Å². The van der Waals surface area contributed by atoms with Crippen molar-refractivity contribution in [2.45, 2.75) is 12.8 Å². The second kappa shape index (κ2) is 4.70. The average molecular weight is 280 g/mol. The molecule has 0 saturated carbocycles. The molecule has 0 saturated heterocycles. The van der Waals surface area contributed by atoms with Gasteiger partial charge in [0.1, 0.15) is 5.82 Å². The fraction of sp³-hybridized carbons (Fsp3) is 0.250. The predicted octanol–water partition coefficient (Wildman–Crippen LogP) is 2.55. The van der Waals surface area contributed by atoms with Crippen LogP contribution in [-0.4, -0.2) is 9.78 Å². The van der Waals surface area contributed by atoms with Gasteiger partial charge in [-0.05, 0) is 30.5 Å². The van der Waals surface area contributed by atoms with E-state index in [2.05, 4.69) is 45.3 Å². The molecule has 0 unspecified atom stereocenters. The fourth-order valence-corrected chi connectivity index (χ4v) is 1.85. The van der Waals surface area contributed by atoms with Gasteiger partial charge in [0, 0.05) is 17.6 Å². The highest BCUT2D eigenvalue weighted by molar-refractivity contribution is 9.10. The predicted molar refractivity (Wildman–Crippen MR) is 69.2 cm³/mol. The number of nitrogens with zero attached hydrogens (tertiary/aromatic N) is 2. The molecule has 2 N–H and O–H groups in total. The summed E-state index contributed by atoms with van der Waals surface area (Å²) in [5.74, 6) is 0.714. The van der Waals surface area contributed by atoms with E-state index in [-0.39, 0.29) is 0 Å². The van der Waals surface area contributed by atoms with Gasteiger partial charge < -0.3 is 5.73 Å². The van der Waals surface area contributed by atoms with E-state index in [0.29, 0.717) is 5.82 Å². The van der Waals surface area contributed by atoms with Crippen molar-refractivity contribution < 1.29 is 0 Å². The minimum Gasteiger partial charge on any atom is -0.384 e. The minimum atomic E-state index is 0.714. The molecule has 0 radical (unpaired) electrons. The molecule has 0 atom stereocenters. The van der Waals surface area contributed by atoms with Gasteiger partial charge in [-0.25, -0.2) is 0 Å². The lowest BCUT2D eigenvalue weighted by Gasteiger charge is -1.99. The Morgan fingerprint density at radius 3 is 2.50 bits per heavy atom. The number of nitrogens with two attached hydrogens (primary N) is 1. The molecule has 2 rings (SSSR count). The number of hydrogen-bond donors (Lipinski definition) is 1. The number of rotatable bonds is 3. The number of nitrogen functional groups attached to an aromatic ring is 1. The summed E-state index contributed by atoms with van der Waals surface area (Å²) in [4.78, 5) is 0. The molecule has 0 aliphatic carbocycles. The van der Waals surface area contributed by atoms with Crippen LogP contribution in [0.1, 0.15) is 11.3 Å².